The van der Waals surface area contributed by atoms with Crippen molar-refractivity contribution < 1.29 is 0 Å². The van der Waals surface area contributed by atoms with E-state index in [0.29, 0.717) is 11.5 Å². The summed E-state index contributed by atoms with van der Waals surface area (Å²) < 4.78 is 2.01. The first-order valence-electron chi connectivity index (χ1n) is 7.94. The molecule has 3 nitrogen and oxygen atoms in total. The Morgan fingerprint density at radius 2 is 2.10 bits per heavy atom. The van der Waals surface area contributed by atoms with E-state index in [0.717, 1.165) is 12.2 Å². The van der Waals surface area contributed by atoms with Gasteiger partial charge in [-0.3, -0.25) is 4.68 Å². The molecule has 3 rings (SSSR count). The highest BCUT2D eigenvalue weighted by Crippen LogP contribution is 2.36. The van der Waals surface area contributed by atoms with Crippen LogP contribution in [0, 0.1) is 5.41 Å². The van der Waals surface area contributed by atoms with E-state index < -0.39 is 0 Å². The molecule has 0 amide bonds. The molecule has 0 radical (unpaired) electrons. The van der Waals surface area contributed by atoms with Crippen molar-refractivity contribution in [3.05, 3.63) is 48.3 Å². The summed E-state index contributed by atoms with van der Waals surface area (Å²) >= 11 is 0. The average molecular weight is 283 g/mol. The zero-order valence-corrected chi connectivity index (χ0v) is 13.0. The summed E-state index contributed by atoms with van der Waals surface area (Å²) in [7, 11) is 0. The van der Waals surface area contributed by atoms with Gasteiger partial charge in [0.1, 0.15) is 0 Å². The fourth-order valence-electron chi connectivity index (χ4n) is 3.35. The van der Waals surface area contributed by atoms with Crippen molar-refractivity contribution in [2.24, 2.45) is 5.41 Å². The van der Waals surface area contributed by atoms with Crippen molar-refractivity contribution in [1.82, 2.24) is 9.78 Å². The van der Waals surface area contributed by atoms with E-state index in [1.807, 2.05) is 16.9 Å². The van der Waals surface area contributed by atoms with Crippen LogP contribution in [0.4, 0.5) is 5.69 Å². The van der Waals surface area contributed by atoms with Gasteiger partial charge in [0.25, 0.3) is 0 Å². The monoisotopic (exact) mass is 283 g/mol. The van der Waals surface area contributed by atoms with Gasteiger partial charge in [-0.1, -0.05) is 50.6 Å². The Labute approximate surface area is 127 Å². The molecule has 112 valence electrons. The lowest BCUT2D eigenvalue weighted by atomic mass is 9.75. The summed E-state index contributed by atoms with van der Waals surface area (Å²) in [5.41, 5.74) is 2.90. The fraction of sp³-hybridized carbons (Fsp3) is 0.500. The predicted octanol–water partition coefficient (Wildman–Crippen LogP) is 4.31. The predicted molar refractivity (Wildman–Crippen MR) is 87.4 cm³/mol. The summed E-state index contributed by atoms with van der Waals surface area (Å²) in [6.45, 7) is 5.58. The third kappa shape index (κ3) is 3.87. The zero-order valence-electron chi connectivity index (χ0n) is 13.0. The van der Waals surface area contributed by atoms with Crippen molar-refractivity contribution in [1.29, 1.82) is 0 Å². The number of nitrogens with zero attached hydrogens (tertiary/aromatic N) is 2. The van der Waals surface area contributed by atoms with Crippen LogP contribution in [0.5, 0.6) is 0 Å². The van der Waals surface area contributed by atoms with Crippen LogP contribution in [0.15, 0.2) is 42.7 Å². The van der Waals surface area contributed by atoms with Crippen LogP contribution in [0.2, 0.25) is 0 Å². The van der Waals surface area contributed by atoms with Gasteiger partial charge < -0.3 is 5.32 Å². The standard InChI is InChI=1S/C18H25N3/c1-18(2)10-6-9-16(11-18)20-17-12-19-21(14-17)13-15-7-4-3-5-8-15/h3-5,7-8,12,14,16,20H,6,9-11,13H2,1-2H3. The highest BCUT2D eigenvalue weighted by Gasteiger charge is 2.27. The lowest BCUT2D eigenvalue weighted by Crippen LogP contribution is -2.31. The molecule has 2 aromatic rings. The van der Waals surface area contributed by atoms with Gasteiger partial charge >= 0.3 is 0 Å². The second kappa shape index (κ2) is 5.92. The van der Waals surface area contributed by atoms with Gasteiger partial charge in [0.05, 0.1) is 18.4 Å². The molecule has 1 atom stereocenters. The minimum atomic E-state index is 0.468. The third-order valence-corrected chi connectivity index (χ3v) is 4.40. The highest BCUT2D eigenvalue weighted by atomic mass is 15.3. The minimum absolute atomic E-state index is 0.468. The Hall–Kier alpha value is -1.77. The number of benzene rings is 1. The first-order chi connectivity index (χ1) is 10.1. The molecule has 1 heterocycles. The maximum absolute atomic E-state index is 4.47. The second-order valence-electron chi connectivity index (χ2n) is 7.01. The van der Waals surface area contributed by atoms with E-state index in [-0.39, 0.29) is 0 Å². The number of hydrogen-bond acceptors (Lipinski definition) is 2. The van der Waals surface area contributed by atoms with Crippen molar-refractivity contribution in [3.63, 3.8) is 0 Å². The number of anilines is 1. The van der Waals surface area contributed by atoms with Gasteiger partial charge in [-0.25, -0.2) is 0 Å². The highest BCUT2D eigenvalue weighted by molar-refractivity contribution is 5.39. The lowest BCUT2D eigenvalue weighted by Gasteiger charge is -2.35. The van der Waals surface area contributed by atoms with Crippen molar-refractivity contribution >= 4 is 5.69 Å². The van der Waals surface area contributed by atoms with Crippen LogP contribution in [0.1, 0.15) is 45.1 Å². The molecule has 1 N–H and O–H groups in total. The summed E-state index contributed by atoms with van der Waals surface area (Å²) in [5.74, 6) is 0. The maximum atomic E-state index is 4.47. The second-order valence-corrected chi connectivity index (χ2v) is 7.01. The van der Waals surface area contributed by atoms with Crippen LogP contribution in [-0.2, 0) is 6.54 Å². The Morgan fingerprint density at radius 1 is 1.29 bits per heavy atom. The number of aromatic nitrogens is 2. The molecule has 1 unspecified atom stereocenters. The van der Waals surface area contributed by atoms with Crippen molar-refractivity contribution in [2.45, 2.75) is 52.1 Å². The van der Waals surface area contributed by atoms with Crippen LogP contribution in [0.3, 0.4) is 0 Å². The van der Waals surface area contributed by atoms with E-state index in [4.69, 9.17) is 0 Å². The molecular weight excluding hydrogens is 258 g/mol. The SMILES string of the molecule is CC1(C)CCCC(Nc2cnn(Cc3ccccc3)c2)C1. The van der Waals surface area contributed by atoms with Gasteiger partial charge in [0.15, 0.2) is 0 Å². The van der Waals surface area contributed by atoms with Gasteiger partial charge in [-0.05, 0) is 30.2 Å². The number of rotatable bonds is 4. The van der Waals surface area contributed by atoms with Gasteiger partial charge in [-0.2, -0.15) is 5.10 Å². The first-order valence-corrected chi connectivity index (χ1v) is 7.94. The summed E-state index contributed by atoms with van der Waals surface area (Å²) in [4.78, 5) is 0. The van der Waals surface area contributed by atoms with E-state index in [9.17, 15) is 0 Å². The average Bonchev–Trinajstić information content (AvgIpc) is 2.86. The fourth-order valence-corrected chi connectivity index (χ4v) is 3.35. The molecule has 1 aliphatic carbocycles. The van der Waals surface area contributed by atoms with Crippen LogP contribution < -0.4 is 5.32 Å². The summed E-state index contributed by atoms with van der Waals surface area (Å²) in [5, 5.41) is 8.13. The lowest BCUT2D eigenvalue weighted by molar-refractivity contribution is 0.229. The summed E-state index contributed by atoms with van der Waals surface area (Å²) in [6, 6.07) is 11.1. The smallest absolute Gasteiger partial charge is 0.0728 e. The Bertz CT molecular complexity index is 571. The van der Waals surface area contributed by atoms with E-state index >= 15 is 0 Å². The Kier molecular flexibility index (Phi) is 4.00. The first kappa shape index (κ1) is 14.2. The van der Waals surface area contributed by atoms with Crippen molar-refractivity contribution in [2.75, 3.05) is 5.32 Å². The summed E-state index contributed by atoms with van der Waals surface area (Å²) in [6.07, 6.45) is 9.25. The van der Waals surface area contributed by atoms with Crippen LogP contribution >= 0.6 is 0 Å². The largest absolute Gasteiger partial charge is 0.380 e. The molecule has 3 heteroatoms. The van der Waals surface area contributed by atoms with E-state index in [1.165, 1.54) is 31.2 Å². The number of hydrogen-bond donors (Lipinski definition) is 1. The van der Waals surface area contributed by atoms with Crippen LogP contribution in [-0.4, -0.2) is 15.8 Å². The molecule has 0 spiro atoms. The van der Waals surface area contributed by atoms with E-state index in [1.54, 1.807) is 0 Å². The molecule has 0 aliphatic heterocycles. The molecular formula is C18H25N3. The molecule has 0 bridgehead atoms. The number of nitrogens with one attached hydrogen (secondary N) is 1. The Morgan fingerprint density at radius 3 is 2.86 bits per heavy atom. The third-order valence-electron chi connectivity index (χ3n) is 4.40. The zero-order chi connectivity index (χ0) is 14.7. The molecule has 21 heavy (non-hydrogen) atoms. The normalized spacial score (nSPS) is 21.1. The quantitative estimate of drug-likeness (QED) is 0.906. The van der Waals surface area contributed by atoms with Gasteiger partial charge in [0, 0.05) is 12.2 Å². The molecule has 1 aliphatic rings. The van der Waals surface area contributed by atoms with Gasteiger partial charge in [0.2, 0.25) is 0 Å². The maximum Gasteiger partial charge on any atom is 0.0728 e. The molecule has 1 aromatic heterocycles. The molecule has 1 aromatic carbocycles. The topological polar surface area (TPSA) is 29.9 Å². The van der Waals surface area contributed by atoms with E-state index in [2.05, 4.69) is 54.7 Å². The van der Waals surface area contributed by atoms with Crippen molar-refractivity contribution in [3.8, 4) is 0 Å². The van der Waals surface area contributed by atoms with Gasteiger partial charge in [-0.15, -0.1) is 0 Å². The Balaban J connectivity index is 1.60. The molecule has 1 fully saturated rings. The van der Waals surface area contributed by atoms with Crippen LogP contribution in [0.25, 0.3) is 0 Å². The molecule has 0 saturated heterocycles. The minimum Gasteiger partial charge on any atom is -0.380 e. The molecule has 1 saturated carbocycles.